The fourth-order valence-corrected chi connectivity index (χ4v) is 10.0. The number of aliphatic hydroxyl groups is 3. The molecule has 13 heteroatoms. The molecule has 3 fully saturated rings. The van der Waals surface area contributed by atoms with Crippen LogP contribution in [0.1, 0.15) is 86.7 Å². The second-order valence-corrected chi connectivity index (χ2v) is 16.9. The van der Waals surface area contributed by atoms with Crippen molar-refractivity contribution < 1.29 is 137 Å². The van der Waals surface area contributed by atoms with Gasteiger partial charge < -0.3 is 34.8 Å². The van der Waals surface area contributed by atoms with Crippen molar-refractivity contribution in [3.8, 4) is 0 Å². The van der Waals surface area contributed by atoms with Gasteiger partial charge in [0, 0.05) is 117 Å². The average Bonchev–Trinajstić information content (AvgIpc) is 3.19. The predicted molar refractivity (Wildman–Crippen MR) is 205 cm³/mol. The van der Waals surface area contributed by atoms with E-state index in [-0.39, 0.29) is 118 Å². The van der Waals surface area contributed by atoms with Gasteiger partial charge in [-0.25, -0.2) is 4.79 Å². The number of ketones is 1. The van der Waals surface area contributed by atoms with E-state index < -0.39 is 88.0 Å². The Labute approximate surface area is 411 Å². The number of ether oxygens (including phenoxy) is 3. The number of hydrogen-bond donors (Lipinski definition) is 4. The summed E-state index contributed by atoms with van der Waals surface area (Å²) in [7, 11) is 0. The van der Waals surface area contributed by atoms with E-state index in [1.807, 2.05) is 13.0 Å². The fourth-order valence-electron chi connectivity index (χ4n) is 10.0. The molecular formula is C45H51Ac2NO10. The van der Waals surface area contributed by atoms with E-state index in [9.17, 15) is 34.5 Å². The summed E-state index contributed by atoms with van der Waals surface area (Å²) in [6.45, 7) is 9.99. The Bertz CT molecular complexity index is 2050. The zero-order valence-electron chi connectivity index (χ0n) is 33.8. The van der Waals surface area contributed by atoms with Gasteiger partial charge in [-0.1, -0.05) is 94.4 Å². The van der Waals surface area contributed by atoms with Crippen molar-refractivity contribution in [1.82, 2.24) is 5.32 Å². The van der Waals surface area contributed by atoms with Crippen molar-refractivity contribution in [2.45, 2.75) is 96.0 Å². The van der Waals surface area contributed by atoms with Crippen LogP contribution in [-0.2, 0) is 23.8 Å². The molecule has 302 valence electrons. The van der Waals surface area contributed by atoms with Crippen LogP contribution in [0.15, 0.2) is 102 Å². The number of fused-ring (bicyclic) bond motifs is 5. The van der Waals surface area contributed by atoms with Crippen LogP contribution < -0.4 is 5.32 Å². The molecule has 1 aliphatic heterocycles. The third kappa shape index (κ3) is 7.81. The number of benzene rings is 3. The third-order valence-electron chi connectivity index (χ3n) is 13.7. The van der Waals surface area contributed by atoms with Crippen LogP contribution in [0.4, 0.5) is 0 Å². The summed E-state index contributed by atoms with van der Waals surface area (Å²) >= 11 is 0. The van der Waals surface area contributed by atoms with Crippen LogP contribution in [-0.4, -0.2) is 81.2 Å². The molecular weight excluding hydrogens is 1170 g/mol. The Morgan fingerprint density at radius 3 is 1.97 bits per heavy atom. The molecule has 1 heterocycles. The molecule has 1 amide bonds. The topological polar surface area (TPSA) is 169 Å². The second kappa shape index (κ2) is 17.9. The molecule has 4 N–H and O–H groups in total. The van der Waals surface area contributed by atoms with E-state index in [0.717, 1.165) is 0 Å². The molecule has 3 aromatic rings. The van der Waals surface area contributed by atoms with E-state index >= 15 is 0 Å². The molecule has 58 heavy (non-hydrogen) atoms. The van der Waals surface area contributed by atoms with Crippen LogP contribution in [0.5, 0.6) is 0 Å². The molecule has 0 aromatic heterocycles. The maximum absolute atomic E-state index is 14.9. The molecule has 11 atom stereocenters. The second-order valence-electron chi connectivity index (χ2n) is 16.9. The monoisotopic (exact) mass is 1220 g/mol. The van der Waals surface area contributed by atoms with Gasteiger partial charge in [-0.15, -0.1) is 0 Å². The molecule has 3 aromatic carbocycles. The minimum Gasteiger partial charge on any atom is -0.457 e. The quantitative estimate of drug-likeness (QED) is 0.175. The normalized spacial score (nSPS) is 33.1. The van der Waals surface area contributed by atoms with Crippen LogP contribution in [0, 0.1) is 117 Å². The van der Waals surface area contributed by atoms with Crippen molar-refractivity contribution in [2.24, 2.45) is 28.6 Å². The van der Waals surface area contributed by atoms with Gasteiger partial charge in [-0.05, 0) is 67.2 Å². The van der Waals surface area contributed by atoms with Crippen LogP contribution in [0.25, 0.3) is 0 Å². The molecule has 0 spiro atoms. The number of hydrogen-bond acceptors (Lipinski definition) is 10. The van der Waals surface area contributed by atoms with Crippen molar-refractivity contribution >= 4 is 23.6 Å². The summed E-state index contributed by atoms with van der Waals surface area (Å²) in [5, 5.41) is 41.1. The first-order chi connectivity index (χ1) is 26.5. The van der Waals surface area contributed by atoms with Gasteiger partial charge in [0.25, 0.3) is 5.91 Å². The first-order valence-corrected chi connectivity index (χ1v) is 19.3. The molecule has 2 bridgehead atoms. The minimum absolute atomic E-state index is 0. The average molecular weight is 1220 g/mol. The van der Waals surface area contributed by atoms with Gasteiger partial charge >= 0.3 is 11.9 Å². The number of Topliss-reactive ketones (excluding diaryl/α,β-unsaturated/α-hetero) is 1. The Morgan fingerprint density at radius 1 is 0.862 bits per heavy atom. The fraction of sp³-hybridized carbons (Fsp3) is 0.467. The number of rotatable bonds is 8. The number of amides is 1. The maximum atomic E-state index is 14.9. The maximum Gasteiger partial charge on any atom is 0.338 e. The molecule has 3 aliphatic carbocycles. The zero-order chi connectivity index (χ0) is 40.4. The van der Waals surface area contributed by atoms with Gasteiger partial charge in [0.15, 0.2) is 5.78 Å². The number of esters is 2. The Morgan fingerprint density at radius 2 is 1.41 bits per heavy atom. The number of aliphatic hydroxyl groups excluding tert-OH is 1. The SMILES string of the molecule is CC1=C2C(O)C(=O)[C@@]3(C)C(C(OC(=O)c4ccccc4)C(O)(CC1OC(=O)[C@H](C)C(NC(=O)c1ccccc1)c1ccccc1)C2(C)C)C1(O)COC1C[C@@H]3C.[Ac].[Ac]. The summed E-state index contributed by atoms with van der Waals surface area (Å²) in [6, 6.07) is 25.1. The Kier molecular flexibility index (Phi) is 14.6. The van der Waals surface area contributed by atoms with Gasteiger partial charge in [-0.2, -0.15) is 0 Å². The summed E-state index contributed by atoms with van der Waals surface area (Å²) < 4.78 is 18.5. The van der Waals surface area contributed by atoms with Gasteiger partial charge in [-0.3, -0.25) is 14.4 Å². The Balaban J connectivity index is 0.00000320. The summed E-state index contributed by atoms with van der Waals surface area (Å²) in [5.41, 5.74) is -4.93. The smallest absolute Gasteiger partial charge is 0.338 e. The van der Waals surface area contributed by atoms with E-state index in [0.29, 0.717) is 23.1 Å². The molecule has 8 unspecified atom stereocenters. The molecule has 2 saturated carbocycles. The summed E-state index contributed by atoms with van der Waals surface area (Å²) in [5.74, 6) is -5.10. The van der Waals surface area contributed by atoms with Crippen molar-refractivity contribution in [2.75, 3.05) is 6.61 Å². The van der Waals surface area contributed by atoms with Crippen LogP contribution in [0.3, 0.4) is 0 Å². The van der Waals surface area contributed by atoms with E-state index in [4.69, 9.17) is 14.2 Å². The number of carbonyl (C=O) groups excluding carboxylic acids is 4. The van der Waals surface area contributed by atoms with E-state index in [1.54, 1.807) is 120 Å². The third-order valence-corrected chi connectivity index (χ3v) is 13.7. The Hall–Kier alpha value is -1.80. The molecule has 4 aliphatic rings. The largest absolute Gasteiger partial charge is 0.457 e. The van der Waals surface area contributed by atoms with Crippen molar-refractivity contribution in [3.05, 3.63) is 119 Å². The van der Waals surface area contributed by atoms with Gasteiger partial charge in [0.2, 0.25) is 0 Å². The van der Waals surface area contributed by atoms with E-state index in [1.165, 1.54) is 0 Å². The minimum atomic E-state index is -2.11. The first-order valence-electron chi connectivity index (χ1n) is 19.3. The van der Waals surface area contributed by atoms with E-state index in [2.05, 4.69) is 5.32 Å². The van der Waals surface area contributed by atoms with Crippen molar-refractivity contribution in [3.63, 3.8) is 0 Å². The molecule has 7 rings (SSSR count). The predicted octanol–water partition coefficient (Wildman–Crippen LogP) is 5.14. The summed E-state index contributed by atoms with van der Waals surface area (Å²) in [6.07, 6.45) is -5.18. The van der Waals surface area contributed by atoms with Crippen LogP contribution in [0.2, 0.25) is 0 Å². The first kappa shape index (κ1) is 47.3. The van der Waals surface area contributed by atoms with Gasteiger partial charge in [0.05, 0.1) is 30.2 Å². The van der Waals surface area contributed by atoms with Crippen molar-refractivity contribution in [1.29, 1.82) is 0 Å². The molecule has 2 radical (unpaired) electrons. The standard InChI is InChI=1S/C45H51NO10.2Ac/c1-25-22-32-44(52,24-54-32)36-38(56-41(51)30-20-14-9-15-21-30)45(53)23-31(26(2)33(42(45,4)5)35(47)37(48)43(25,36)6)55-40(50)27(3)34(28-16-10-7-11-17-28)46-39(49)29-18-12-8-13-19-29;;/h7-21,25,27,31-32,34-36,38,47,52-53H,22-24H2,1-6H3,(H,46,49);;/t25-,27+,31?,32?,34?,35?,36?,38?,43+,44?,45?;;/m0../s1. The summed E-state index contributed by atoms with van der Waals surface area (Å²) in [4.78, 5) is 56.7. The zero-order valence-corrected chi connectivity index (χ0v) is 43.2. The van der Waals surface area contributed by atoms with Gasteiger partial charge in [0.1, 0.15) is 29.5 Å². The number of nitrogens with one attached hydrogen (secondary N) is 1. The molecule has 1 saturated heterocycles. The van der Waals surface area contributed by atoms with Crippen LogP contribution >= 0.6 is 0 Å². The molecule has 11 nitrogen and oxygen atoms in total. The number of carbonyl (C=O) groups is 4.